The minimum atomic E-state index is -4.50. The summed E-state index contributed by atoms with van der Waals surface area (Å²) in [5.74, 6) is -1.48. The molecule has 0 aromatic heterocycles. The average Bonchev–Trinajstić information content (AvgIpc) is 2.07. The maximum absolute atomic E-state index is 13.0. The number of hydrogen-bond acceptors (Lipinski definition) is 3. The van der Waals surface area contributed by atoms with Crippen LogP contribution in [-0.2, 0) is 10.1 Å². The second kappa shape index (κ2) is 4.12. The number of para-hydroxylation sites is 1. The number of halogens is 2. The van der Waals surface area contributed by atoms with Crippen LogP contribution in [0, 0.1) is 5.82 Å². The first-order chi connectivity index (χ1) is 6.46. The zero-order valence-corrected chi connectivity index (χ0v) is 8.35. The summed E-state index contributed by atoms with van der Waals surface area (Å²) >= 11 is 5.16. The quantitative estimate of drug-likeness (QED) is 0.645. The normalized spacial score (nSPS) is 11.4. The van der Waals surface area contributed by atoms with Gasteiger partial charge < -0.3 is 4.74 Å². The molecular formula is C7H6ClFO4S. The standard InChI is InChI=1S/C7H6ClFO4S/c8-4-13-7-5(9)2-1-3-6(7)14(10,11)12/h1-3H,4H2,(H,10,11,12). The molecule has 0 bridgehead atoms. The second-order valence-electron chi connectivity index (χ2n) is 2.30. The topological polar surface area (TPSA) is 63.6 Å². The number of benzene rings is 1. The van der Waals surface area contributed by atoms with E-state index in [0.717, 1.165) is 18.2 Å². The molecule has 0 aliphatic rings. The van der Waals surface area contributed by atoms with E-state index in [2.05, 4.69) is 4.74 Å². The lowest BCUT2D eigenvalue weighted by atomic mass is 10.3. The molecule has 0 radical (unpaired) electrons. The minimum Gasteiger partial charge on any atom is -0.473 e. The maximum Gasteiger partial charge on any atom is 0.298 e. The summed E-state index contributed by atoms with van der Waals surface area (Å²) in [5.41, 5.74) is 0. The molecule has 4 nitrogen and oxygen atoms in total. The Morgan fingerprint density at radius 1 is 1.50 bits per heavy atom. The van der Waals surface area contributed by atoms with E-state index in [-0.39, 0.29) is 0 Å². The van der Waals surface area contributed by atoms with E-state index in [1.165, 1.54) is 0 Å². The van der Waals surface area contributed by atoms with Crippen molar-refractivity contribution >= 4 is 21.7 Å². The maximum atomic E-state index is 13.0. The van der Waals surface area contributed by atoms with Gasteiger partial charge in [0.25, 0.3) is 10.1 Å². The fourth-order valence-corrected chi connectivity index (χ4v) is 1.64. The van der Waals surface area contributed by atoms with Gasteiger partial charge in [0, 0.05) is 0 Å². The average molecular weight is 241 g/mol. The van der Waals surface area contributed by atoms with Gasteiger partial charge >= 0.3 is 0 Å². The van der Waals surface area contributed by atoms with E-state index in [1.807, 2.05) is 0 Å². The van der Waals surface area contributed by atoms with Gasteiger partial charge in [-0.1, -0.05) is 17.7 Å². The van der Waals surface area contributed by atoms with Crippen LogP contribution in [0.2, 0.25) is 0 Å². The van der Waals surface area contributed by atoms with Gasteiger partial charge in [-0.15, -0.1) is 0 Å². The van der Waals surface area contributed by atoms with Crippen LogP contribution in [0.1, 0.15) is 0 Å². The third kappa shape index (κ3) is 2.34. The lowest BCUT2D eigenvalue weighted by Crippen LogP contribution is -2.04. The molecule has 1 aromatic carbocycles. The molecule has 14 heavy (non-hydrogen) atoms. The van der Waals surface area contributed by atoms with Crippen LogP contribution in [0.3, 0.4) is 0 Å². The van der Waals surface area contributed by atoms with Crippen LogP contribution >= 0.6 is 11.6 Å². The predicted molar refractivity (Wildman–Crippen MR) is 47.6 cm³/mol. The third-order valence-corrected chi connectivity index (χ3v) is 2.39. The fourth-order valence-electron chi connectivity index (χ4n) is 0.887. The molecule has 7 heteroatoms. The molecule has 1 rings (SSSR count). The molecular weight excluding hydrogens is 235 g/mol. The summed E-state index contributed by atoms with van der Waals surface area (Å²) in [6, 6.07) is 2.74. The summed E-state index contributed by atoms with van der Waals surface area (Å²) in [7, 11) is -4.50. The first-order valence-electron chi connectivity index (χ1n) is 3.41. The SMILES string of the molecule is O=S(=O)(O)c1cccc(F)c1OCCl. The largest absolute Gasteiger partial charge is 0.473 e. The minimum absolute atomic E-state index is 0.413. The highest BCUT2D eigenvalue weighted by Crippen LogP contribution is 2.26. The molecule has 0 atom stereocenters. The fraction of sp³-hybridized carbons (Fsp3) is 0.143. The first-order valence-corrected chi connectivity index (χ1v) is 5.39. The summed E-state index contributed by atoms with van der Waals surface area (Å²) in [4.78, 5) is -0.641. The Hall–Kier alpha value is -0.850. The lowest BCUT2D eigenvalue weighted by molar-refractivity contribution is 0.349. The lowest BCUT2D eigenvalue weighted by Gasteiger charge is -2.07. The van der Waals surface area contributed by atoms with Gasteiger partial charge in [-0.05, 0) is 12.1 Å². The summed E-state index contributed by atoms with van der Waals surface area (Å²) in [6.07, 6.45) is 0. The zero-order chi connectivity index (χ0) is 10.8. The second-order valence-corrected chi connectivity index (χ2v) is 3.90. The summed E-state index contributed by atoms with van der Waals surface area (Å²) < 4.78 is 47.8. The Kier molecular flexibility index (Phi) is 3.30. The van der Waals surface area contributed by atoms with E-state index >= 15 is 0 Å². The van der Waals surface area contributed by atoms with E-state index in [9.17, 15) is 12.8 Å². The Balaban J connectivity index is 3.36. The summed E-state index contributed by atoms with van der Waals surface area (Å²) in [5, 5.41) is 0. The zero-order valence-electron chi connectivity index (χ0n) is 6.78. The van der Waals surface area contributed by atoms with E-state index in [0.29, 0.717) is 0 Å². The predicted octanol–water partition coefficient (Wildman–Crippen LogP) is 1.65. The van der Waals surface area contributed by atoms with Crippen LogP contribution < -0.4 is 4.74 Å². The molecule has 0 saturated carbocycles. The van der Waals surface area contributed by atoms with Gasteiger partial charge in [-0.2, -0.15) is 8.42 Å². The van der Waals surface area contributed by atoms with Crippen molar-refractivity contribution < 1.29 is 22.1 Å². The smallest absolute Gasteiger partial charge is 0.298 e. The van der Waals surface area contributed by atoms with Gasteiger partial charge in [-0.3, -0.25) is 4.55 Å². The number of ether oxygens (including phenoxy) is 1. The van der Waals surface area contributed by atoms with Crippen molar-refractivity contribution in [3.05, 3.63) is 24.0 Å². The number of hydrogen-bond donors (Lipinski definition) is 1. The van der Waals surface area contributed by atoms with Crippen LogP contribution in [0.4, 0.5) is 4.39 Å². The van der Waals surface area contributed by atoms with Crippen LogP contribution in [0.5, 0.6) is 5.75 Å². The van der Waals surface area contributed by atoms with Gasteiger partial charge in [0.15, 0.2) is 17.6 Å². The Morgan fingerprint density at radius 3 is 2.64 bits per heavy atom. The van der Waals surface area contributed by atoms with Crippen molar-refractivity contribution in [1.29, 1.82) is 0 Å². The summed E-state index contributed by atoms with van der Waals surface area (Å²) in [6.45, 7) is 0. The highest BCUT2D eigenvalue weighted by Gasteiger charge is 2.19. The first kappa shape index (κ1) is 11.2. The van der Waals surface area contributed by atoms with Gasteiger partial charge in [0.05, 0.1) is 0 Å². The highest BCUT2D eigenvalue weighted by molar-refractivity contribution is 7.86. The molecule has 78 valence electrons. The molecule has 0 aliphatic carbocycles. The molecule has 0 unspecified atom stereocenters. The number of alkyl halides is 1. The van der Waals surface area contributed by atoms with Crippen molar-refractivity contribution in [1.82, 2.24) is 0 Å². The third-order valence-electron chi connectivity index (χ3n) is 1.41. The molecule has 0 heterocycles. The van der Waals surface area contributed by atoms with E-state index < -0.39 is 32.6 Å². The van der Waals surface area contributed by atoms with Crippen LogP contribution in [-0.4, -0.2) is 19.0 Å². The molecule has 0 spiro atoms. The monoisotopic (exact) mass is 240 g/mol. The van der Waals surface area contributed by atoms with Crippen molar-refractivity contribution in [2.75, 3.05) is 6.07 Å². The number of rotatable bonds is 3. The van der Waals surface area contributed by atoms with Crippen LogP contribution in [0.25, 0.3) is 0 Å². The van der Waals surface area contributed by atoms with Gasteiger partial charge in [-0.25, -0.2) is 4.39 Å². The molecule has 0 amide bonds. The molecule has 0 fully saturated rings. The molecule has 0 saturated heterocycles. The Labute approximate surface area is 85.0 Å². The molecule has 1 aromatic rings. The Bertz CT molecular complexity index is 431. The van der Waals surface area contributed by atoms with Crippen LogP contribution in [0.15, 0.2) is 23.1 Å². The van der Waals surface area contributed by atoms with Crippen molar-refractivity contribution in [3.63, 3.8) is 0 Å². The molecule has 1 N–H and O–H groups in total. The van der Waals surface area contributed by atoms with E-state index in [1.54, 1.807) is 0 Å². The van der Waals surface area contributed by atoms with Crippen molar-refractivity contribution in [2.45, 2.75) is 4.90 Å². The highest BCUT2D eigenvalue weighted by atomic mass is 35.5. The Morgan fingerprint density at radius 2 is 2.14 bits per heavy atom. The van der Waals surface area contributed by atoms with E-state index in [4.69, 9.17) is 16.2 Å². The van der Waals surface area contributed by atoms with Gasteiger partial charge in [0.1, 0.15) is 4.90 Å². The molecule has 0 aliphatic heterocycles. The van der Waals surface area contributed by atoms with Gasteiger partial charge in [0.2, 0.25) is 0 Å². The van der Waals surface area contributed by atoms with Crippen molar-refractivity contribution in [2.24, 2.45) is 0 Å². The van der Waals surface area contributed by atoms with Crippen molar-refractivity contribution in [3.8, 4) is 5.75 Å².